The molecule has 0 radical (unpaired) electrons. The van der Waals surface area contributed by atoms with E-state index in [1.54, 1.807) is 18.2 Å². The minimum absolute atomic E-state index is 0.0276. The van der Waals surface area contributed by atoms with Crippen molar-refractivity contribution in [2.24, 2.45) is 5.92 Å². The van der Waals surface area contributed by atoms with Crippen LogP contribution in [-0.4, -0.2) is 12.5 Å². The van der Waals surface area contributed by atoms with E-state index in [0.29, 0.717) is 23.1 Å². The first-order chi connectivity index (χ1) is 7.54. The molecule has 0 fully saturated rings. The Bertz CT molecular complexity index is 377. The Labute approximate surface area is 101 Å². The number of carbonyl (C=O) groups is 1. The predicted molar refractivity (Wildman–Crippen MR) is 66.1 cm³/mol. The van der Waals surface area contributed by atoms with E-state index in [2.05, 4.69) is 5.32 Å². The zero-order valence-electron chi connectivity index (χ0n) is 9.71. The van der Waals surface area contributed by atoms with Crippen LogP contribution in [0, 0.1) is 5.92 Å². The van der Waals surface area contributed by atoms with E-state index in [4.69, 9.17) is 16.3 Å². The Morgan fingerprint density at radius 2 is 2.19 bits per heavy atom. The lowest BCUT2D eigenvalue weighted by Gasteiger charge is -2.10. The van der Waals surface area contributed by atoms with Crippen LogP contribution in [0.4, 0.5) is 5.69 Å². The van der Waals surface area contributed by atoms with Gasteiger partial charge in [0.1, 0.15) is 5.75 Å². The zero-order chi connectivity index (χ0) is 12.1. The number of hydrogen-bond acceptors (Lipinski definition) is 2. The number of amides is 1. The van der Waals surface area contributed by atoms with Gasteiger partial charge in [0.2, 0.25) is 5.91 Å². The molecule has 1 amide bonds. The van der Waals surface area contributed by atoms with Crippen LogP contribution in [0.25, 0.3) is 0 Å². The maximum Gasteiger partial charge on any atom is 0.226 e. The Hall–Kier alpha value is -1.22. The maximum absolute atomic E-state index is 11.4. The Balaban J connectivity index is 2.77. The van der Waals surface area contributed by atoms with Crippen LogP contribution in [0.15, 0.2) is 18.2 Å². The second-order valence-corrected chi connectivity index (χ2v) is 4.13. The number of carbonyl (C=O) groups excluding carboxylic acids is 1. The van der Waals surface area contributed by atoms with Crippen LogP contribution in [0.1, 0.15) is 20.8 Å². The first kappa shape index (κ1) is 12.8. The van der Waals surface area contributed by atoms with Gasteiger partial charge in [0.15, 0.2) is 0 Å². The summed E-state index contributed by atoms with van der Waals surface area (Å²) in [5.41, 5.74) is 0.687. The van der Waals surface area contributed by atoms with Crippen molar-refractivity contribution in [1.29, 1.82) is 0 Å². The molecule has 0 saturated heterocycles. The molecule has 0 unspecified atom stereocenters. The summed E-state index contributed by atoms with van der Waals surface area (Å²) in [6.07, 6.45) is 0. The third kappa shape index (κ3) is 3.42. The number of nitrogens with one attached hydrogen (secondary N) is 1. The van der Waals surface area contributed by atoms with E-state index in [1.165, 1.54) is 0 Å². The highest BCUT2D eigenvalue weighted by atomic mass is 35.5. The van der Waals surface area contributed by atoms with Crippen molar-refractivity contribution in [1.82, 2.24) is 0 Å². The predicted octanol–water partition coefficient (Wildman–Crippen LogP) is 3.33. The molecule has 0 aromatic heterocycles. The molecular weight excluding hydrogens is 226 g/mol. The van der Waals surface area contributed by atoms with Crippen LogP contribution in [0.5, 0.6) is 5.75 Å². The Morgan fingerprint density at radius 1 is 1.50 bits per heavy atom. The van der Waals surface area contributed by atoms with Crippen molar-refractivity contribution in [3.63, 3.8) is 0 Å². The van der Waals surface area contributed by atoms with Gasteiger partial charge in [-0.2, -0.15) is 0 Å². The standard InChI is InChI=1S/C12H16ClNO2/c1-4-16-11-6-5-9(7-10(11)13)14-12(15)8(2)3/h5-8H,4H2,1-3H3,(H,14,15). The Morgan fingerprint density at radius 3 is 2.69 bits per heavy atom. The average molecular weight is 242 g/mol. The summed E-state index contributed by atoms with van der Waals surface area (Å²) in [6.45, 7) is 6.14. The molecule has 0 bridgehead atoms. The summed E-state index contributed by atoms with van der Waals surface area (Å²) < 4.78 is 5.30. The molecule has 1 aromatic rings. The fraction of sp³-hybridized carbons (Fsp3) is 0.417. The van der Waals surface area contributed by atoms with Gasteiger partial charge < -0.3 is 10.1 Å². The fourth-order valence-electron chi connectivity index (χ4n) is 1.14. The molecule has 4 heteroatoms. The monoisotopic (exact) mass is 241 g/mol. The van der Waals surface area contributed by atoms with E-state index in [9.17, 15) is 4.79 Å². The highest BCUT2D eigenvalue weighted by Gasteiger charge is 2.08. The summed E-state index contributed by atoms with van der Waals surface area (Å²) in [5, 5.41) is 3.28. The van der Waals surface area contributed by atoms with E-state index < -0.39 is 0 Å². The van der Waals surface area contributed by atoms with E-state index in [1.807, 2.05) is 20.8 Å². The molecule has 1 N–H and O–H groups in total. The molecule has 0 aliphatic rings. The second kappa shape index (κ2) is 5.75. The topological polar surface area (TPSA) is 38.3 Å². The van der Waals surface area contributed by atoms with E-state index in [-0.39, 0.29) is 11.8 Å². The van der Waals surface area contributed by atoms with Gasteiger partial charge in [-0.25, -0.2) is 0 Å². The smallest absolute Gasteiger partial charge is 0.226 e. The van der Waals surface area contributed by atoms with Crippen molar-refractivity contribution in [3.05, 3.63) is 23.2 Å². The molecule has 0 aliphatic carbocycles. The quantitative estimate of drug-likeness (QED) is 0.878. The summed E-state index contributed by atoms with van der Waals surface area (Å²) in [4.78, 5) is 11.4. The van der Waals surface area contributed by atoms with Gasteiger partial charge in [0, 0.05) is 11.6 Å². The van der Waals surface area contributed by atoms with Crippen molar-refractivity contribution < 1.29 is 9.53 Å². The van der Waals surface area contributed by atoms with Gasteiger partial charge in [0.25, 0.3) is 0 Å². The van der Waals surface area contributed by atoms with E-state index in [0.717, 1.165) is 0 Å². The average Bonchev–Trinajstić information content (AvgIpc) is 2.22. The third-order valence-corrected chi connectivity index (χ3v) is 2.32. The van der Waals surface area contributed by atoms with Crippen LogP contribution in [0.2, 0.25) is 5.02 Å². The lowest BCUT2D eigenvalue weighted by molar-refractivity contribution is -0.118. The lowest BCUT2D eigenvalue weighted by atomic mass is 10.2. The molecule has 0 saturated carbocycles. The van der Waals surface area contributed by atoms with Gasteiger partial charge in [-0.1, -0.05) is 25.4 Å². The fourth-order valence-corrected chi connectivity index (χ4v) is 1.37. The summed E-state index contributed by atoms with van der Waals surface area (Å²) >= 11 is 5.99. The molecule has 3 nitrogen and oxygen atoms in total. The normalized spacial score (nSPS) is 10.3. The molecule has 88 valence electrons. The summed E-state index contributed by atoms with van der Waals surface area (Å²) in [5.74, 6) is 0.553. The van der Waals surface area contributed by atoms with Crippen molar-refractivity contribution >= 4 is 23.2 Å². The third-order valence-electron chi connectivity index (χ3n) is 2.02. The minimum atomic E-state index is -0.0506. The molecule has 16 heavy (non-hydrogen) atoms. The molecule has 0 aliphatic heterocycles. The van der Waals surface area contributed by atoms with Gasteiger partial charge in [-0.05, 0) is 25.1 Å². The SMILES string of the molecule is CCOc1ccc(NC(=O)C(C)C)cc1Cl. The minimum Gasteiger partial charge on any atom is -0.492 e. The Kier molecular flexibility index (Phi) is 4.62. The molecule has 1 aromatic carbocycles. The second-order valence-electron chi connectivity index (χ2n) is 3.72. The first-order valence-corrected chi connectivity index (χ1v) is 5.65. The van der Waals surface area contributed by atoms with Gasteiger partial charge in [-0.3, -0.25) is 4.79 Å². The van der Waals surface area contributed by atoms with Crippen molar-refractivity contribution in [3.8, 4) is 5.75 Å². The molecule has 0 heterocycles. The maximum atomic E-state index is 11.4. The van der Waals surface area contributed by atoms with Gasteiger partial charge >= 0.3 is 0 Å². The lowest BCUT2D eigenvalue weighted by Crippen LogP contribution is -2.17. The van der Waals surface area contributed by atoms with Crippen LogP contribution < -0.4 is 10.1 Å². The number of ether oxygens (including phenoxy) is 1. The summed E-state index contributed by atoms with van der Waals surface area (Å²) in [6, 6.07) is 5.21. The van der Waals surface area contributed by atoms with Crippen molar-refractivity contribution in [2.75, 3.05) is 11.9 Å². The van der Waals surface area contributed by atoms with Crippen LogP contribution >= 0.6 is 11.6 Å². The van der Waals surface area contributed by atoms with Crippen LogP contribution in [-0.2, 0) is 4.79 Å². The van der Waals surface area contributed by atoms with E-state index >= 15 is 0 Å². The zero-order valence-corrected chi connectivity index (χ0v) is 10.5. The number of anilines is 1. The summed E-state index contributed by atoms with van der Waals surface area (Å²) in [7, 11) is 0. The van der Waals surface area contributed by atoms with Gasteiger partial charge in [0.05, 0.1) is 11.6 Å². The molecule has 0 atom stereocenters. The van der Waals surface area contributed by atoms with Gasteiger partial charge in [-0.15, -0.1) is 0 Å². The van der Waals surface area contributed by atoms with Crippen LogP contribution in [0.3, 0.4) is 0 Å². The van der Waals surface area contributed by atoms with Crippen molar-refractivity contribution in [2.45, 2.75) is 20.8 Å². The highest BCUT2D eigenvalue weighted by molar-refractivity contribution is 6.32. The largest absolute Gasteiger partial charge is 0.492 e. The molecule has 1 rings (SSSR count). The number of halogens is 1. The molecular formula is C12H16ClNO2. The first-order valence-electron chi connectivity index (χ1n) is 5.27. The number of benzene rings is 1. The number of hydrogen-bond donors (Lipinski definition) is 1. The molecule has 0 spiro atoms. The highest BCUT2D eigenvalue weighted by Crippen LogP contribution is 2.27. The number of rotatable bonds is 4.